The normalized spacial score (nSPS) is 10.9. The van der Waals surface area contributed by atoms with E-state index in [1.54, 1.807) is 27.7 Å². The summed E-state index contributed by atoms with van der Waals surface area (Å²) in [5.74, 6) is -0.983. The molecule has 152 valence electrons. The average Bonchev–Trinajstić information content (AvgIpc) is 3.17. The standard InChI is InChI=1S/C21H25N5O3/c1-13-19(9-10-20(27)28)15(3)26(24-13)18-7-5-16(6-8-18)21(29)22-11-17-12-23-25(4)14(17)2/h5-8,12H,9-11H2,1-4H3,(H,22,29)(H,27,28). The maximum Gasteiger partial charge on any atom is 0.303 e. The molecule has 3 aromatic rings. The summed E-state index contributed by atoms with van der Waals surface area (Å²) in [6, 6.07) is 7.19. The van der Waals surface area contributed by atoms with E-state index in [2.05, 4.69) is 15.5 Å². The Hall–Kier alpha value is -3.42. The first-order valence-corrected chi connectivity index (χ1v) is 9.41. The van der Waals surface area contributed by atoms with Gasteiger partial charge in [-0.15, -0.1) is 0 Å². The third kappa shape index (κ3) is 4.37. The number of aromatic nitrogens is 4. The van der Waals surface area contributed by atoms with Crippen LogP contribution in [-0.4, -0.2) is 36.5 Å². The number of hydrogen-bond acceptors (Lipinski definition) is 4. The molecule has 0 fully saturated rings. The zero-order valence-corrected chi connectivity index (χ0v) is 17.1. The molecular weight excluding hydrogens is 370 g/mol. The Balaban J connectivity index is 1.71. The smallest absolute Gasteiger partial charge is 0.303 e. The topological polar surface area (TPSA) is 102 Å². The SMILES string of the molecule is Cc1nn(-c2ccc(C(=O)NCc3cnn(C)c3C)cc2)c(C)c1CCC(=O)O. The molecule has 1 aromatic carbocycles. The Kier molecular flexibility index (Phi) is 5.81. The summed E-state index contributed by atoms with van der Waals surface area (Å²) < 4.78 is 3.56. The number of aryl methyl sites for hydroxylation is 2. The Morgan fingerprint density at radius 1 is 1.10 bits per heavy atom. The van der Waals surface area contributed by atoms with Crippen LogP contribution in [0.3, 0.4) is 0 Å². The quantitative estimate of drug-likeness (QED) is 0.640. The van der Waals surface area contributed by atoms with E-state index < -0.39 is 5.97 Å². The number of amides is 1. The molecule has 0 bridgehead atoms. The van der Waals surface area contributed by atoms with Gasteiger partial charge in [-0.05, 0) is 57.0 Å². The van der Waals surface area contributed by atoms with Crippen molar-refractivity contribution in [1.29, 1.82) is 0 Å². The minimum Gasteiger partial charge on any atom is -0.481 e. The zero-order chi connectivity index (χ0) is 21.1. The number of carboxylic acids is 1. The van der Waals surface area contributed by atoms with E-state index in [1.165, 1.54) is 0 Å². The summed E-state index contributed by atoms with van der Waals surface area (Å²) in [6.07, 6.45) is 2.27. The highest BCUT2D eigenvalue weighted by Crippen LogP contribution is 2.20. The van der Waals surface area contributed by atoms with Gasteiger partial charge in [-0.25, -0.2) is 4.68 Å². The van der Waals surface area contributed by atoms with Crippen LogP contribution in [0, 0.1) is 20.8 Å². The first-order valence-electron chi connectivity index (χ1n) is 9.41. The van der Waals surface area contributed by atoms with Crippen molar-refractivity contribution in [1.82, 2.24) is 24.9 Å². The van der Waals surface area contributed by atoms with E-state index in [9.17, 15) is 9.59 Å². The molecule has 8 nitrogen and oxygen atoms in total. The van der Waals surface area contributed by atoms with E-state index in [0.717, 1.165) is 33.9 Å². The summed E-state index contributed by atoms with van der Waals surface area (Å²) in [5, 5.41) is 20.5. The van der Waals surface area contributed by atoms with Crippen LogP contribution in [0.15, 0.2) is 30.5 Å². The van der Waals surface area contributed by atoms with Crippen molar-refractivity contribution >= 4 is 11.9 Å². The van der Waals surface area contributed by atoms with E-state index in [4.69, 9.17) is 5.11 Å². The molecule has 2 heterocycles. The van der Waals surface area contributed by atoms with Crippen LogP contribution in [-0.2, 0) is 24.8 Å². The fourth-order valence-electron chi connectivity index (χ4n) is 3.27. The van der Waals surface area contributed by atoms with Crippen LogP contribution in [0.5, 0.6) is 0 Å². The van der Waals surface area contributed by atoms with Crippen molar-refractivity contribution in [2.24, 2.45) is 7.05 Å². The number of carboxylic acid groups (broad SMARTS) is 1. The van der Waals surface area contributed by atoms with Gasteiger partial charge < -0.3 is 10.4 Å². The summed E-state index contributed by atoms with van der Waals surface area (Å²) >= 11 is 0. The highest BCUT2D eigenvalue weighted by atomic mass is 16.4. The molecular formula is C21H25N5O3. The van der Waals surface area contributed by atoms with Crippen LogP contribution < -0.4 is 5.32 Å². The number of hydrogen-bond donors (Lipinski definition) is 2. The number of nitrogens with one attached hydrogen (secondary N) is 1. The minimum absolute atomic E-state index is 0.0723. The number of aliphatic carboxylic acids is 1. The Labute approximate surface area is 169 Å². The van der Waals surface area contributed by atoms with Crippen molar-refractivity contribution < 1.29 is 14.7 Å². The largest absolute Gasteiger partial charge is 0.481 e. The van der Waals surface area contributed by atoms with Crippen molar-refractivity contribution in [3.8, 4) is 5.69 Å². The molecule has 0 atom stereocenters. The molecule has 3 rings (SSSR count). The molecule has 1 amide bonds. The van der Waals surface area contributed by atoms with Crippen molar-refractivity contribution in [2.45, 2.75) is 40.2 Å². The number of carbonyl (C=O) groups excluding carboxylic acids is 1. The third-order valence-corrected chi connectivity index (χ3v) is 5.18. The first-order chi connectivity index (χ1) is 13.8. The molecule has 0 aliphatic heterocycles. The van der Waals surface area contributed by atoms with Crippen molar-refractivity contribution in [2.75, 3.05) is 0 Å². The molecule has 0 saturated heterocycles. The lowest BCUT2D eigenvalue weighted by molar-refractivity contribution is -0.136. The van der Waals surface area contributed by atoms with E-state index >= 15 is 0 Å². The van der Waals surface area contributed by atoms with Crippen LogP contribution in [0.1, 0.15) is 45.0 Å². The van der Waals surface area contributed by atoms with Crippen LogP contribution in [0.25, 0.3) is 5.69 Å². The predicted octanol–water partition coefficient (Wildman–Crippen LogP) is 2.48. The van der Waals surface area contributed by atoms with Gasteiger partial charge >= 0.3 is 5.97 Å². The fraction of sp³-hybridized carbons (Fsp3) is 0.333. The van der Waals surface area contributed by atoms with Gasteiger partial charge in [0.05, 0.1) is 17.6 Å². The summed E-state index contributed by atoms with van der Waals surface area (Å²) in [6.45, 7) is 6.18. The first kappa shape index (κ1) is 20.3. The second-order valence-electron chi connectivity index (χ2n) is 7.06. The molecule has 0 unspecified atom stereocenters. The second kappa shape index (κ2) is 8.30. The lowest BCUT2D eigenvalue weighted by atomic mass is 10.1. The second-order valence-corrected chi connectivity index (χ2v) is 7.06. The number of carbonyl (C=O) groups is 2. The summed E-state index contributed by atoms with van der Waals surface area (Å²) in [4.78, 5) is 23.3. The summed E-state index contributed by atoms with van der Waals surface area (Å²) in [5.41, 5.74) is 6.05. The van der Waals surface area contributed by atoms with Gasteiger partial charge in [0.2, 0.25) is 0 Å². The summed E-state index contributed by atoms with van der Waals surface area (Å²) in [7, 11) is 1.87. The molecule has 0 aliphatic carbocycles. The van der Waals surface area contributed by atoms with E-state index in [0.29, 0.717) is 18.5 Å². The molecule has 0 saturated carbocycles. The lowest BCUT2D eigenvalue weighted by Gasteiger charge is -2.08. The minimum atomic E-state index is -0.826. The van der Waals surface area contributed by atoms with Crippen molar-refractivity contribution in [3.05, 3.63) is 64.2 Å². The molecule has 29 heavy (non-hydrogen) atoms. The molecule has 0 spiro atoms. The van der Waals surface area contributed by atoms with Crippen LogP contribution in [0.2, 0.25) is 0 Å². The number of benzene rings is 1. The third-order valence-electron chi connectivity index (χ3n) is 5.18. The molecule has 2 N–H and O–H groups in total. The number of rotatable bonds is 7. The maximum absolute atomic E-state index is 12.4. The van der Waals surface area contributed by atoms with Gasteiger partial charge in [0.1, 0.15) is 0 Å². The predicted molar refractivity (Wildman–Crippen MR) is 108 cm³/mol. The van der Waals surface area contributed by atoms with Gasteiger partial charge in [0.25, 0.3) is 5.91 Å². The maximum atomic E-state index is 12.4. The Morgan fingerprint density at radius 2 is 1.79 bits per heavy atom. The highest BCUT2D eigenvalue weighted by Gasteiger charge is 2.15. The van der Waals surface area contributed by atoms with Gasteiger partial charge in [0.15, 0.2) is 0 Å². The molecule has 0 radical (unpaired) electrons. The van der Waals surface area contributed by atoms with Gasteiger partial charge in [-0.1, -0.05) is 0 Å². The average molecular weight is 395 g/mol. The number of nitrogens with zero attached hydrogens (tertiary/aromatic N) is 4. The van der Waals surface area contributed by atoms with Gasteiger partial charge in [-0.3, -0.25) is 14.3 Å². The van der Waals surface area contributed by atoms with Crippen LogP contribution >= 0.6 is 0 Å². The van der Waals surface area contributed by atoms with Crippen LogP contribution in [0.4, 0.5) is 0 Å². The fourth-order valence-corrected chi connectivity index (χ4v) is 3.27. The monoisotopic (exact) mass is 395 g/mol. The van der Waals surface area contributed by atoms with Gasteiger partial charge in [0, 0.05) is 42.5 Å². The molecule has 2 aromatic heterocycles. The molecule has 0 aliphatic rings. The van der Waals surface area contributed by atoms with E-state index in [-0.39, 0.29) is 12.3 Å². The van der Waals surface area contributed by atoms with Gasteiger partial charge in [-0.2, -0.15) is 10.2 Å². The Morgan fingerprint density at radius 3 is 2.38 bits per heavy atom. The van der Waals surface area contributed by atoms with E-state index in [1.807, 2.05) is 40.0 Å². The Bertz CT molecular complexity index is 1050. The highest BCUT2D eigenvalue weighted by molar-refractivity contribution is 5.94. The molecule has 8 heteroatoms. The lowest BCUT2D eigenvalue weighted by Crippen LogP contribution is -2.23. The zero-order valence-electron chi connectivity index (χ0n) is 17.1. The van der Waals surface area contributed by atoms with Crippen molar-refractivity contribution in [3.63, 3.8) is 0 Å².